The second-order valence-electron chi connectivity index (χ2n) is 13.7. The lowest BCUT2D eigenvalue weighted by atomic mass is 9.68. The maximum Gasteiger partial charge on any atom is 0.201 e. The first-order valence-corrected chi connectivity index (χ1v) is 17.7. The summed E-state index contributed by atoms with van der Waals surface area (Å²) in [6.07, 6.45) is 19.3. The molecule has 1 nitrogen and oxygen atoms in total. The summed E-state index contributed by atoms with van der Waals surface area (Å²) >= 11 is 0. The Kier molecular flexibility index (Phi) is 12.4. The van der Waals surface area contributed by atoms with Gasteiger partial charge in [-0.15, -0.1) is 6.58 Å². The number of benzene rings is 3. The highest BCUT2D eigenvalue weighted by molar-refractivity contribution is 5.72. The monoisotopic (exact) mass is 634 g/mol. The van der Waals surface area contributed by atoms with Crippen molar-refractivity contribution in [1.29, 1.82) is 0 Å². The Bertz CT molecular complexity index is 1420. The van der Waals surface area contributed by atoms with E-state index in [0.717, 1.165) is 43.9 Å². The Morgan fingerprint density at radius 1 is 0.652 bits per heavy atom. The Balaban J connectivity index is 1.17. The molecule has 0 saturated heterocycles. The fraction of sp³-hybridized carbons (Fsp3) is 0.512. The first-order valence-electron chi connectivity index (χ1n) is 17.7. The molecule has 5 rings (SSSR count). The second kappa shape index (κ2) is 16.7. The van der Waals surface area contributed by atoms with Gasteiger partial charge in [0.15, 0.2) is 23.2 Å². The van der Waals surface area contributed by atoms with Gasteiger partial charge in [0, 0.05) is 11.1 Å². The van der Waals surface area contributed by atoms with Gasteiger partial charge in [0.25, 0.3) is 0 Å². The van der Waals surface area contributed by atoms with Crippen LogP contribution in [0.1, 0.15) is 115 Å². The summed E-state index contributed by atoms with van der Waals surface area (Å²) in [5.74, 6) is -1.33. The zero-order valence-electron chi connectivity index (χ0n) is 27.4. The minimum Gasteiger partial charge on any atom is -0.490 e. The third-order valence-electron chi connectivity index (χ3n) is 10.7. The van der Waals surface area contributed by atoms with Gasteiger partial charge in [-0.05, 0) is 104 Å². The number of rotatable bonds is 14. The van der Waals surface area contributed by atoms with Gasteiger partial charge < -0.3 is 4.74 Å². The van der Waals surface area contributed by atoms with Crippen molar-refractivity contribution < 1.29 is 22.3 Å². The molecule has 2 aliphatic carbocycles. The van der Waals surface area contributed by atoms with Crippen LogP contribution in [0.5, 0.6) is 5.75 Å². The first kappa shape index (κ1) is 34.3. The molecule has 0 bridgehead atoms. The fourth-order valence-corrected chi connectivity index (χ4v) is 7.92. The topological polar surface area (TPSA) is 9.23 Å². The average molecular weight is 635 g/mol. The zero-order valence-corrected chi connectivity index (χ0v) is 27.4. The lowest BCUT2D eigenvalue weighted by Gasteiger charge is -2.38. The van der Waals surface area contributed by atoms with Crippen LogP contribution in [0.25, 0.3) is 22.3 Å². The van der Waals surface area contributed by atoms with Crippen molar-refractivity contribution in [3.8, 4) is 28.0 Å². The molecule has 0 radical (unpaired) electrons. The van der Waals surface area contributed by atoms with E-state index in [-0.39, 0.29) is 29.4 Å². The maximum absolute atomic E-state index is 15.5. The summed E-state index contributed by atoms with van der Waals surface area (Å²) in [6.45, 7) is 6.16. The molecule has 0 spiro atoms. The first-order chi connectivity index (χ1) is 22.4. The zero-order chi connectivity index (χ0) is 32.5. The van der Waals surface area contributed by atoms with Crippen molar-refractivity contribution in [3.63, 3.8) is 0 Å². The molecule has 0 aliphatic heterocycles. The van der Waals surface area contributed by atoms with Crippen molar-refractivity contribution in [2.24, 2.45) is 17.8 Å². The molecule has 46 heavy (non-hydrogen) atoms. The van der Waals surface area contributed by atoms with E-state index in [1.807, 2.05) is 0 Å². The van der Waals surface area contributed by atoms with E-state index in [2.05, 4.69) is 13.5 Å². The van der Waals surface area contributed by atoms with Crippen LogP contribution in [-0.2, 0) is 0 Å². The Hall–Kier alpha value is -3.08. The van der Waals surface area contributed by atoms with E-state index in [4.69, 9.17) is 4.74 Å². The number of allylic oxidation sites excluding steroid dienone is 1. The van der Waals surface area contributed by atoms with E-state index >= 15 is 8.78 Å². The standard InChI is InChI=1S/C41H50F4O/c1-3-5-7-8-10-28-11-13-29(14-12-28)30-15-17-31(18-16-30)34-23-24-35(39(43)38(34)42)32-19-21-33(22-20-32)36-25-26-37(41(45)40(36)44)46-27-9-6-4-2/h4,19-26,28-31H,2-3,5-18,27H2,1H3. The smallest absolute Gasteiger partial charge is 0.201 e. The van der Waals surface area contributed by atoms with Gasteiger partial charge in [-0.1, -0.05) is 94.3 Å². The van der Waals surface area contributed by atoms with Gasteiger partial charge in [-0.3, -0.25) is 0 Å². The summed E-state index contributed by atoms with van der Waals surface area (Å²) in [7, 11) is 0. The van der Waals surface area contributed by atoms with E-state index in [1.54, 1.807) is 42.5 Å². The summed E-state index contributed by atoms with van der Waals surface area (Å²) in [4.78, 5) is 0. The maximum atomic E-state index is 15.5. The molecule has 5 heteroatoms. The molecule has 0 N–H and O–H groups in total. The molecule has 0 aromatic heterocycles. The number of hydrogen-bond donors (Lipinski definition) is 0. The van der Waals surface area contributed by atoms with Gasteiger partial charge in [-0.2, -0.15) is 4.39 Å². The molecule has 2 saturated carbocycles. The van der Waals surface area contributed by atoms with Crippen LogP contribution in [0.2, 0.25) is 0 Å². The molecule has 2 aliphatic rings. The van der Waals surface area contributed by atoms with Crippen LogP contribution >= 0.6 is 0 Å². The number of halogens is 4. The predicted molar refractivity (Wildman–Crippen MR) is 181 cm³/mol. The normalized spacial score (nSPS) is 21.7. The van der Waals surface area contributed by atoms with Crippen molar-refractivity contribution in [1.82, 2.24) is 0 Å². The SMILES string of the molecule is C=CCCCOc1ccc(-c2ccc(-c3ccc(C4CCC(C5CCC(CCCCCC)CC5)CC4)c(F)c3F)cc2)c(F)c1F. The van der Waals surface area contributed by atoms with E-state index in [9.17, 15) is 8.78 Å². The largest absolute Gasteiger partial charge is 0.490 e. The minimum atomic E-state index is -1.04. The van der Waals surface area contributed by atoms with E-state index in [1.165, 1.54) is 69.9 Å². The highest BCUT2D eigenvalue weighted by Crippen LogP contribution is 2.45. The van der Waals surface area contributed by atoms with Gasteiger partial charge in [0.1, 0.15) is 0 Å². The van der Waals surface area contributed by atoms with Gasteiger partial charge in [0.05, 0.1) is 6.61 Å². The summed E-state index contributed by atoms with van der Waals surface area (Å²) < 4.78 is 65.9. The molecule has 0 unspecified atom stereocenters. The van der Waals surface area contributed by atoms with Crippen molar-refractivity contribution in [3.05, 3.63) is 90.0 Å². The molecule has 2 fully saturated rings. The van der Waals surface area contributed by atoms with Crippen LogP contribution in [0.3, 0.4) is 0 Å². The Morgan fingerprint density at radius 3 is 1.85 bits per heavy atom. The Labute approximate surface area is 273 Å². The number of unbranched alkanes of at least 4 members (excludes halogenated alkanes) is 4. The summed E-state index contributed by atoms with van der Waals surface area (Å²) in [5.41, 5.74) is 1.65. The number of hydrogen-bond acceptors (Lipinski definition) is 1. The highest BCUT2D eigenvalue weighted by atomic mass is 19.2. The van der Waals surface area contributed by atoms with Crippen LogP contribution in [0, 0.1) is 41.0 Å². The van der Waals surface area contributed by atoms with E-state index in [0.29, 0.717) is 29.0 Å². The molecule has 3 aromatic rings. The lowest BCUT2D eigenvalue weighted by molar-refractivity contribution is 0.155. The molecular weight excluding hydrogens is 584 g/mol. The van der Waals surface area contributed by atoms with Crippen LogP contribution < -0.4 is 4.74 Å². The molecule has 0 heterocycles. The fourth-order valence-electron chi connectivity index (χ4n) is 7.92. The van der Waals surface area contributed by atoms with Gasteiger partial charge >= 0.3 is 0 Å². The van der Waals surface area contributed by atoms with Crippen molar-refractivity contribution in [2.45, 2.75) is 109 Å². The highest BCUT2D eigenvalue weighted by Gasteiger charge is 2.32. The molecular formula is C41H50F4O. The van der Waals surface area contributed by atoms with Crippen LogP contribution in [0.4, 0.5) is 17.6 Å². The second-order valence-corrected chi connectivity index (χ2v) is 13.7. The van der Waals surface area contributed by atoms with Gasteiger partial charge in [0.2, 0.25) is 5.82 Å². The Morgan fingerprint density at radius 2 is 1.24 bits per heavy atom. The molecule has 248 valence electrons. The molecule has 3 aromatic carbocycles. The summed E-state index contributed by atoms with van der Waals surface area (Å²) in [5, 5.41) is 0. The van der Waals surface area contributed by atoms with Crippen molar-refractivity contribution in [2.75, 3.05) is 6.61 Å². The van der Waals surface area contributed by atoms with Gasteiger partial charge in [-0.25, -0.2) is 13.2 Å². The third kappa shape index (κ3) is 8.25. The predicted octanol–water partition coefficient (Wildman–Crippen LogP) is 13.0. The molecule has 0 amide bonds. The van der Waals surface area contributed by atoms with E-state index < -0.39 is 23.3 Å². The molecule has 0 atom stereocenters. The quantitative estimate of drug-likeness (QED) is 0.0974. The van der Waals surface area contributed by atoms with Crippen molar-refractivity contribution >= 4 is 0 Å². The third-order valence-corrected chi connectivity index (χ3v) is 10.7. The minimum absolute atomic E-state index is 0.0453. The average Bonchev–Trinajstić information content (AvgIpc) is 3.09. The lowest BCUT2D eigenvalue weighted by Crippen LogP contribution is -2.25. The van der Waals surface area contributed by atoms with Crippen LogP contribution in [-0.4, -0.2) is 6.61 Å². The number of ether oxygens (including phenoxy) is 1. The summed E-state index contributed by atoms with van der Waals surface area (Å²) in [6, 6.07) is 12.7. The van der Waals surface area contributed by atoms with Crippen LogP contribution in [0.15, 0.2) is 61.2 Å².